The fraction of sp³-hybridized carbons (Fsp3) is 0.370. The Morgan fingerprint density at radius 2 is 1.91 bits per heavy atom. The largest absolute Gasteiger partial charge is 0.497 e. The Hall–Kier alpha value is -2.96. The highest BCUT2D eigenvalue weighted by Gasteiger charge is 2.31. The average molecular weight is 452 g/mol. The fourth-order valence-electron chi connectivity index (χ4n) is 4.37. The minimum Gasteiger partial charge on any atom is -0.497 e. The molecule has 0 N–H and O–H groups in total. The minimum absolute atomic E-state index is 0.0238. The molecule has 33 heavy (non-hydrogen) atoms. The Balaban J connectivity index is 1.34. The molecular weight excluding hydrogens is 421 g/mol. The molecule has 1 fully saturated rings. The van der Waals surface area contributed by atoms with Crippen LogP contribution in [0.3, 0.4) is 0 Å². The first kappa shape index (κ1) is 23.2. The first-order chi connectivity index (χ1) is 16.0. The molecule has 0 spiro atoms. The molecule has 0 amide bonds. The molecule has 3 unspecified atom stereocenters. The third-order valence-corrected chi connectivity index (χ3v) is 6.45. The molecule has 0 radical (unpaired) electrons. The average Bonchev–Trinajstić information content (AvgIpc) is 2.84. The molecule has 0 bridgehead atoms. The summed E-state index contributed by atoms with van der Waals surface area (Å²) < 4.78 is 31.0. The second kappa shape index (κ2) is 10.3. The number of esters is 1. The van der Waals surface area contributed by atoms with Crippen molar-refractivity contribution in [1.82, 2.24) is 4.90 Å². The van der Waals surface area contributed by atoms with Crippen molar-refractivity contribution in [3.05, 3.63) is 77.6 Å². The Kier molecular flexibility index (Phi) is 7.26. The van der Waals surface area contributed by atoms with Gasteiger partial charge in [-0.1, -0.05) is 42.5 Å². The van der Waals surface area contributed by atoms with Gasteiger partial charge in [-0.3, -0.25) is 9.69 Å². The highest BCUT2D eigenvalue weighted by molar-refractivity contribution is 5.86. The van der Waals surface area contributed by atoms with Gasteiger partial charge in [-0.2, -0.15) is 0 Å². The number of benzene rings is 3. The molecule has 174 valence electrons. The van der Waals surface area contributed by atoms with Crippen molar-refractivity contribution >= 4 is 16.7 Å². The van der Waals surface area contributed by atoms with Gasteiger partial charge in [0, 0.05) is 24.7 Å². The van der Waals surface area contributed by atoms with E-state index in [0.29, 0.717) is 25.3 Å². The number of halogens is 1. The second-order valence-corrected chi connectivity index (χ2v) is 8.45. The monoisotopic (exact) mass is 451 g/mol. The predicted octanol–water partition coefficient (Wildman–Crippen LogP) is 5.10. The Morgan fingerprint density at radius 1 is 1.15 bits per heavy atom. The molecule has 3 aromatic rings. The number of fused-ring (bicyclic) bond motifs is 1. The number of carbonyl (C=O) groups excluding carboxylic acids is 1. The number of hydrogen-bond acceptors (Lipinski definition) is 5. The van der Waals surface area contributed by atoms with Gasteiger partial charge in [0.15, 0.2) is 0 Å². The molecule has 0 aliphatic carbocycles. The van der Waals surface area contributed by atoms with Gasteiger partial charge in [-0.15, -0.1) is 0 Å². The summed E-state index contributed by atoms with van der Waals surface area (Å²) in [7, 11) is 1.64. The quantitative estimate of drug-likeness (QED) is 0.468. The van der Waals surface area contributed by atoms with Crippen molar-refractivity contribution in [2.45, 2.75) is 31.9 Å². The first-order valence-corrected chi connectivity index (χ1v) is 11.3. The fourth-order valence-corrected chi connectivity index (χ4v) is 4.37. The molecule has 5 nitrogen and oxygen atoms in total. The third-order valence-electron chi connectivity index (χ3n) is 6.45. The van der Waals surface area contributed by atoms with Gasteiger partial charge in [0.2, 0.25) is 0 Å². The zero-order chi connectivity index (χ0) is 23.4. The van der Waals surface area contributed by atoms with Crippen LogP contribution in [0, 0.1) is 5.82 Å². The topological polar surface area (TPSA) is 48.0 Å². The lowest BCUT2D eigenvalue weighted by Crippen LogP contribution is -2.47. The molecule has 1 heterocycles. The molecule has 3 atom stereocenters. The Labute approximate surface area is 194 Å². The van der Waals surface area contributed by atoms with Crippen LogP contribution < -0.4 is 4.74 Å². The molecule has 1 aliphatic rings. The predicted molar refractivity (Wildman–Crippen MR) is 126 cm³/mol. The van der Waals surface area contributed by atoms with Crippen molar-refractivity contribution in [2.24, 2.45) is 0 Å². The second-order valence-electron chi connectivity index (χ2n) is 8.45. The maximum absolute atomic E-state index is 14.2. The molecule has 3 aromatic carbocycles. The van der Waals surface area contributed by atoms with Crippen LogP contribution in [0.15, 0.2) is 60.7 Å². The van der Waals surface area contributed by atoms with E-state index in [2.05, 4.69) is 4.90 Å². The van der Waals surface area contributed by atoms with Crippen LogP contribution in [0.4, 0.5) is 4.39 Å². The SMILES string of the molecule is COc1ccc2cc(C(C)C(=O)OCCN3CCOC(c4ccccc4F)C3C)ccc2c1. The van der Waals surface area contributed by atoms with E-state index in [4.69, 9.17) is 14.2 Å². The van der Waals surface area contributed by atoms with Crippen LogP contribution in [0.2, 0.25) is 0 Å². The summed E-state index contributed by atoms with van der Waals surface area (Å²) >= 11 is 0. The van der Waals surface area contributed by atoms with E-state index in [1.807, 2.05) is 56.3 Å². The van der Waals surface area contributed by atoms with Gasteiger partial charge in [0.25, 0.3) is 0 Å². The highest BCUT2D eigenvalue weighted by Crippen LogP contribution is 2.30. The molecule has 6 heteroatoms. The van der Waals surface area contributed by atoms with Crippen molar-refractivity contribution in [1.29, 1.82) is 0 Å². The van der Waals surface area contributed by atoms with E-state index in [1.165, 1.54) is 6.07 Å². The van der Waals surface area contributed by atoms with Crippen LogP contribution in [0.1, 0.15) is 37.0 Å². The van der Waals surface area contributed by atoms with E-state index in [0.717, 1.165) is 22.1 Å². The van der Waals surface area contributed by atoms with Crippen LogP contribution in [-0.4, -0.2) is 50.3 Å². The van der Waals surface area contributed by atoms with Crippen LogP contribution >= 0.6 is 0 Å². The molecule has 1 saturated heterocycles. The summed E-state index contributed by atoms with van der Waals surface area (Å²) in [5, 5.41) is 2.11. The summed E-state index contributed by atoms with van der Waals surface area (Å²) in [6, 6.07) is 18.5. The summed E-state index contributed by atoms with van der Waals surface area (Å²) in [6.45, 7) is 5.96. The van der Waals surface area contributed by atoms with Gasteiger partial charge >= 0.3 is 5.97 Å². The number of ether oxygens (including phenoxy) is 3. The van der Waals surface area contributed by atoms with Crippen LogP contribution in [-0.2, 0) is 14.3 Å². The zero-order valence-electron chi connectivity index (χ0n) is 19.3. The Bertz CT molecular complexity index is 1120. The first-order valence-electron chi connectivity index (χ1n) is 11.3. The van der Waals surface area contributed by atoms with Crippen molar-refractivity contribution in [3.63, 3.8) is 0 Å². The van der Waals surface area contributed by atoms with E-state index in [9.17, 15) is 9.18 Å². The molecule has 0 saturated carbocycles. The molecular formula is C27H30FNO4. The lowest BCUT2D eigenvalue weighted by atomic mass is 9.98. The standard InChI is InChI=1S/C27H30FNO4/c1-18(20-8-9-22-17-23(31-3)11-10-21(22)16-20)27(30)33-15-13-29-12-14-32-26(19(29)2)24-6-4-5-7-25(24)28/h4-11,16-19,26H,12-15H2,1-3H3. The third kappa shape index (κ3) is 5.18. The van der Waals surface area contributed by atoms with Crippen LogP contribution in [0.25, 0.3) is 10.8 Å². The lowest BCUT2D eigenvalue weighted by Gasteiger charge is -2.39. The van der Waals surface area contributed by atoms with Gasteiger partial charge in [-0.25, -0.2) is 4.39 Å². The van der Waals surface area contributed by atoms with Gasteiger partial charge < -0.3 is 14.2 Å². The summed E-state index contributed by atoms with van der Waals surface area (Å²) in [6.07, 6.45) is -0.342. The van der Waals surface area contributed by atoms with E-state index >= 15 is 0 Å². The molecule has 1 aliphatic heterocycles. The Morgan fingerprint density at radius 3 is 2.70 bits per heavy atom. The van der Waals surface area contributed by atoms with Gasteiger partial charge in [0.1, 0.15) is 24.3 Å². The van der Waals surface area contributed by atoms with E-state index in [1.54, 1.807) is 19.2 Å². The number of carbonyl (C=O) groups is 1. The maximum Gasteiger partial charge on any atom is 0.313 e. The maximum atomic E-state index is 14.2. The van der Waals surface area contributed by atoms with Crippen LogP contribution in [0.5, 0.6) is 5.75 Å². The van der Waals surface area contributed by atoms with E-state index in [-0.39, 0.29) is 36.5 Å². The van der Waals surface area contributed by atoms with Gasteiger partial charge in [-0.05, 0) is 48.4 Å². The number of methoxy groups -OCH3 is 1. The van der Waals surface area contributed by atoms with Crippen molar-refractivity contribution < 1.29 is 23.4 Å². The number of hydrogen-bond donors (Lipinski definition) is 0. The minimum atomic E-state index is -0.371. The lowest BCUT2D eigenvalue weighted by molar-refractivity contribution is -0.146. The molecule has 4 rings (SSSR count). The smallest absolute Gasteiger partial charge is 0.313 e. The number of rotatable bonds is 7. The molecule has 0 aromatic heterocycles. The summed E-state index contributed by atoms with van der Waals surface area (Å²) in [4.78, 5) is 14.9. The number of nitrogens with zero attached hydrogens (tertiary/aromatic N) is 1. The highest BCUT2D eigenvalue weighted by atomic mass is 19.1. The summed E-state index contributed by atoms with van der Waals surface area (Å²) in [5.74, 6) is -0.0817. The zero-order valence-corrected chi connectivity index (χ0v) is 19.3. The summed E-state index contributed by atoms with van der Waals surface area (Å²) in [5.41, 5.74) is 1.48. The van der Waals surface area contributed by atoms with E-state index < -0.39 is 0 Å². The van der Waals surface area contributed by atoms with Gasteiger partial charge in [0.05, 0.1) is 19.6 Å². The normalized spacial score (nSPS) is 19.9. The van der Waals surface area contributed by atoms with Crippen molar-refractivity contribution in [3.8, 4) is 5.75 Å². The number of morpholine rings is 1. The van der Waals surface area contributed by atoms with Crippen molar-refractivity contribution in [2.75, 3.05) is 33.4 Å².